The first kappa shape index (κ1) is 26.8. The third-order valence-corrected chi connectivity index (χ3v) is 9.81. The lowest BCUT2D eigenvalue weighted by Gasteiger charge is -2.15. The molecule has 1 heterocycles. The molecule has 0 aliphatic carbocycles. The van der Waals surface area contributed by atoms with Gasteiger partial charge in [-0.3, -0.25) is 0 Å². The van der Waals surface area contributed by atoms with Gasteiger partial charge in [0.25, 0.3) is 0 Å². The molecule has 0 radical (unpaired) electrons. The third kappa shape index (κ3) is 4.20. The number of hydrogen-bond acceptors (Lipinski definition) is 2. The number of rotatable bonds is 3. The Morgan fingerprint density at radius 1 is 0.312 bits per heavy atom. The fourth-order valence-corrected chi connectivity index (χ4v) is 7.50. The monoisotopic (exact) mass is 608 g/mol. The van der Waals surface area contributed by atoms with Crippen LogP contribution in [0.5, 0.6) is 0 Å². The normalized spacial score (nSPS) is 11.8. The summed E-state index contributed by atoms with van der Waals surface area (Å²) in [5, 5.41) is 13.6. The lowest BCUT2D eigenvalue weighted by Crippen LogP contribution is -1.96. The highest BCUT2D eigenvalue weighted by molar-refractivity contribution is 6.27. The van der Waals surface area contributed by atoms with Gasteiger partial charge in [-0.2, -0.15) is 0 Å². The number of fused-ring (bicyclic) bond motifs is 9. The van der Waals surface area contributed by atoms with Crippen molar-refractivity contribution in [3.8, 4) is 33.8 Å². The molecule has 0 saturated heterocycles. The highest BCUT2D eigenvalue weighted by Crippen LogP contribution is 2.41. The van der Waals surface area contributed by atoms with E-state index in [1.807, 2.05) is 18.2 Å². The molecule has 0 aliphatic rings. The van der Waals surface area contributed by atoms with E-state index in [1.165, 1.54) is 59.4 Å². The summed E-state index contributed by atoms with van der Waals surface area (Å²) >= 11 is 0. The minimum Gasteiger partial charge on any atom is -0.228 e. The van der Waals surface area contributed by atoms with Crippen LogP contribution in [0.2, 0.25) is 0 Å². The van der Waals surface area contributed by atoms with Gasteiger partial charge < -0.3 is 0 Å². The second-order valence-electron chi connectivity index (χ2n) is 12.6. The molecule has 0 aliphatic heterocycles. The number of hydrogen-bond donors (Lipinski definition) is 0. The van der Waals surface area contributed by atoms with Crippen LogP contribution < -0.4 is 0 Å². The van der Waals surface area contributed by atoms with Crippen LogP contribution in [0.3, 0.4) is 0 Å². The van der Waals surface area contributed by atoms with Crippen molar-refractivity contribution in [3.63, 3.8) is 0 Å². The third-order valence-electron chi connectivity index (χ3n) is 9.81. The Kier molecular flexibility index (Phi) is 5.91. The van der Waals surface area contributed by atoms with E-state index in [9.17, 15) is 0 Å². The standard InChI is InChI=1S/C46H28N2/c1-2-11-33(12-3-1)46-47-42-28-35(23-26-41(42)45(48-46)36-20-17-29-9-4-5-13-34(29)27-36)38-16-8-14-31-18-19-32-22-24-39-37-15-7-6-10-30(37)21-25-40(39)44(32)43(31)38/h1-28H. The van der Waals surface area contributed by atoms with Gasteiger partial charge in [-0.15, -0.1) is 0 Å². The first-order chi connectivity index (χ1) is 23.8. The zero-order valence-corrected chi connectivity index (χ0v) is 26.1. The molecule has 0 fully saturated rings. The second-order valence-corrected chi connectivity index (χ2v) is 12.6. The molecule has 0 amide bonds. The van der Waals surface area contributed by atoms with Crippen LogP contribution in [0.1, 0.15) is 0 Å². The first-order valence-corrected chi connectivity index (χ1v) is 16.4. The van der Waals surface area contributed by atoms with E-state index in [0.717, 1.165) is 39.1 Å². The van der Waals surface area contributed by atoms with Gasteiger partial charge >= 0.3 is 0 Å². The molecule has 222 valence electrons. The maximum Gasteiger partial charge on any atom is 0.160 e. The van der Waals surface area contributed by atoms with Gasteiger partial charge in [0.05, 0.1) is 11.2 Å². The molecular weight excluding hydrogens is 581 g/mol. The van der Waals surface area contributed by atoms with Gasteiger partial charge in [-0.05, 0) is 83.2 Å². The minimum absolute atomic E-state index is 0.727. The highest BCUT2D eigenvalue weighted by atomic mass is 14.9. The zero-order chi connectivity index (χ0) is 31.6. The summed E-state index contributed by atoms with van der Waals surface area (Å²) in [7, 11) is 0. The summed E-state index contributed by atoms with van der Waals surface area (Å²) in [5.41, 5.74) is 6.30. The van der Waals surface area contributed by atoms with Crippen molar-refractivity contribution in [2.75, 3.05) is 0 Å². The van der Waals surface area contributed by atoms with Gasteiger partial charge in [0.1, 0.15) is 0 Å². The number of aromatic nitrogens is 2. The van der Waals surface area contributed by atoms with E-state index >= 15 is 0 Å². The predicted molar refractivity (Wildman–Crippen MR) is 203 cm³/mol. The van der Waals surface area contributed by atoms with Crippen molar-refractivity contribution in [2.24, 2.45) is 0 Å². The molecule has 0 unspecified atom stereocenters. The minimum atomic E-state index is 0.727. The summed E-state index contributed by atoms with van der Waals surface area (Å²) < 4.78 is 0. The quantitative estimate of drug-likeness (QED) is 0.187. The molecule has 0 atom stereocenters. The summed E-state index contributed by atoms with van der Waals surface area (Å²) in [6.07, 6.45) is 0. The van der Waals surface area contributed by atoms with E-state index < -0.39 is 0 Å². The predicted octanol–water partition coefficient (Wildman–Crippen LogP) is 12.4. The largest absolute Gasteiger partial charge is 0.228 e. The average molecular weight is 609 g/mol. The van der Waals surface area contributed by atoms with Crippen LogP contribution in [-0.4, -0.2) is 9.97 Å². The molecule has 1 aromatic heterocycles. The van der Waals surface area contributed by atoms with Crippen molar-refractivity contribution in [1.82, 2.24) is 9.97 Å². The zero-order valence-electron chi connectivity index (χ0n) is 26.1. The first-order valence-electron chi connectivity index (χ1n) is 16.4. The fourth-order valence-electron chi connectivity index (χ4n) is 7.50. The van der Waals surface area contributed by atoms with Gasteiger partial charge in [-0.25, -0.2) is 9.97 Å². The fraction of sp³-hybridized carbons (Fsp3) is 0. The van der Waals surface area contributed by atoms with Crippen molar-refractivity contribution in [1.29, 1.82) is 0 Å². The van der Waals surface area contributed by atoms with Crippen LogP contribution in [0.4, 0.5) is 0 Å². The van der Waals surface area contributed by atoms with Crippen molar-refractivity contribution in [2.45, 2.75) is 0 Å². The molecule has 48 heavy (non-hydrogen) atoms. The SMILES string of the molecule is c1ccc(-c2nc(-c3ccc4ccccc4c3)c3ccc(-c4cccc5ccc6ccc7c8ccccc8ccc7c6c45)cc3n2)cc1. The average Bonchev–Trinajstić information content (AvgIpc) is 3.16. The summed E-state index contributed by atoms with van der Waals surface area (Å²) in [6.45, 7) is 0. The van der Waals surface area contributed by atoms with E-state index in [4.69, 9.17) is 9.97 Å². The lowest BCUT2D eigenvalue weighted by molar-refractivity contribution is 1.23. The van der Waals surface area contributed by atoms with Crippen LogP contribution in [0.15, 0.2) is 170 Å². The van der Waals surface area contributed by atoms with Crippen LogP contribution in [0, 0.1) is 0 Å². The molecule has 9 aromatic carbocycles. The van der Waals surface area contributed by atoms with Gasteiger partial charge in [-0.1, -0.05) is 152 Å². The smallest absolute Gasteiger partial charge is 0.160 e. The van der Waals surface area contributed by atoms with E-state index in [-0.39, 0.29) is 0 Å². The summed E-state index contributed by atoms with van der Waals surface area (Å²) in [6, 6.07) is 61.0. The Labute approximate surface area is 277 Å². The van der Waals surface area contributed by atoms with Crippen LogP contribution in [0.25, 0.3) is 98.5 Å². The summed E-state index contributed by atoms with van der Waals surface area (Å²) in [4.78, 5) is 10.4. The van der Waals surface area contributed by atoms with E-state index in [1.54, 1.807) is 0 Å². The molecule has 10 rings (SSSR count). The lowest BCUT2D eigenvalue weighted by atomic mass is 9.89. The number of nitrogens with zero attached hydrogens (tertiary/aromatic N) is 2. The topological polar surface area (TPSA) is 25.8 Å². The summed E-state index contributed by atoms with van der Waals surface area (Å²) in [5.74, 6) is 0.727. The molecule has 0 N–H and O–H groups in total. The maximum atomic E-state index is 5.20. The second kappa shape index (κ2) is 10.6. The maximum absolute atomic E-state index is 5.20. The van der Waals surface area contributed by atoms with Crippen molar-refractivity contribution < 1.29 is 0 Å². The Bertz CT molecular complexity index is 2890. The van der Waals surface area contributed by atoms with E-state index in [2.05, 4.69) is 152 Å². The molecule has 10 aromatic rings. The van der Waals surface area contributed by atoms with Crippen LogP contribution in [-0.2, 0) is 0 Å². The molecule has 2 heteroatoms. The van der Waals surface area contributed by atoms with Crippen molar-refractivity contribution in [3.05, 3.63) is 170 Å². The van der Waals surface area contributed by atoms with Gasteiger partial charge in [0.15, 0.2) is 5.82 Å². The van der Waals surface area contributed by atoms with Crippen LogP contribution >= 0.6 is 0 Å². The molecule has 0 spiro atoms. The molecule has 2 nitrogen and oxygen atoms in total. The molecule has 0 bridgehead atoms. The molecular formula is C46H28N2. The highest BCUT2D eigenvalue weighted by Gasteiger charge is 2.16. The van der Waals surface area contributed by atoms with E-state index in [0.29, 0.717) is 0 Å². The van der Waals surface area contributed by atoms with Gasteiger partial charge in [0, 0.05) is 16.5 Å². The van der Waals surface area contributed by atoms with Gasteiger partial charge in [0.2, 0.25) is 0 Å². The Balaban J connectivity index is 1.25. The molecule has 0 saturated carbocycles. The number of benzene rings is 9. The van der Waals surface area contributed by atoms with Crippen molar-refractivity contribution >= 4 is 64.8 Å². The Morgan fingerprint density at radius 2 is 0.958 bits per heavy atom. The Hall–Kier alpha value is -6.38. The Morgan fingerprint density at radius 3 is 1.85 bits per heavy atom.